The zero-order valence-corrected chi connectivity index (χ0v) is 32.6. The number of halogens is 1. The Bertz CT molecular complexity index is 2180. The monoisotopic (exact) mass is 783 g/mol. The van der Waals surface area contributed by atoms with Crippen LogP contribution in [0.15, 0.2) is 83.0 Å². The largest absolute Gasteiger partial charge is 0.481 e. The number of benzene rings is 2. The van der Waals surface area contributed by atoms with Crippen molar-refractivity contribution in [1.82, 2.24) is 35.8 Å². The number of methoxy groups -OCH3 is 1. The molecule has 0 spiro atoms. The van der Waals surface area contributed by atoms with Gasteiger partial charge >= 0.3 is 0 Å². The summed E-state index contributed by atoms with van der Waals surface area (Å²) in [5.41, 5.74) is 17.9. The summed E-state index contributed by atoms with van der Waals surface area (Å²) in [6.45, 7) is 2.54. The highest BCUT2D eigenvalue weighted by Crippen LogP contribution is 2.40. The lowest BCUT2D eigenvalue weighted by molar-refractivity contribution is -0.141. The summed E-state index contributed by atoms with van der Waals surface area (Å²) in [5, 5.41) is 11.4. The first-order valence-corrected chi connectivity index (χ1v) is 19.3. The van der Waals surface area contributed by atoms with Gasteiger partial charge in [-0.1, -0.05) is 47.6 Å². The van der Waals surface area contributed by atoms with E-state index in [9.17, 15) is 14.4 Å². The van der Waals surface area contributed by atoms with Gasteiger partial charge in [-0.3, -0.25) is 14.4 Å². The van der Waals surface area contributed by atoms with E-state index < -0.39 is 35.8 Å². The molecule has 0 unspecified atom stereocenters. The number of aromatic nitrogens is 3. The molecular formula is C40H46ClN9O4S. The molecule has 3 aromatic heterocycles. The summed E-state index contributed by atoms with van der Waals surface area (Å²) in [6, 6.07) is 16.4. The Morgan fingerprint density at radius 3 is 2.55 bits per heavy atom. The van der Waals surface area contributed by atoms with E-state index in [1.165, 1.54) is 16.7 Å². The molecule has 1 aliphatic rings. The van der Waals surface area contributed by atoms with Gasteiger partial charge in [-0.05, 0) is 84.5 Å². The van der Waals surface area contributed by atoms with Gasteiger partial charge in [0.1, 0.15) is 17.1 Å². The average molecular weight is 784 g/mol. The molecule has 6 rings (SSSR count). The number of likely N-dealkylation sites (N-methyl/N-ethyl adjacent to an activating group) is 1. The van der Waals surface area contributed by atoms with Crippen LogP contribution in [-0.4, -0.2) is 82.9 Å². The van der Waals surface area contributed by atoms with Crippen LogP contribution >= 0.6 is 23.4 Å². The predicted octanol–water partition coefficient (Wildman–Crippen LogP) is 4.09. The van der Waals surface area contributed by atoms with Crippen molar-refractivity contribution in [3.63, 3.8) is 0 Å². The van der Waals surface area contributed by atoms with Crippen molar-refractivity contribution in [3.05, 3.63) is 100 Å². The van der Waals surface area contributed by atoms with Gasteiger partial charge in [-0.15, -0.1) is 0 Å². The standard InChI is InChI=1S/C40H46ClN9O4S/c1-23-29(28-9-4-5-10-31(28)48-23)19-34-38(52)47-22-27-16-26(24-12-15-44-35(18-24)54-3)17-30(41)36(27)55-39-25(8-7-14-45-39)21-46-32(11-6-13-42)37(51)49-33(20-43)40(53)50(34)2/h4-5,7-10,12,14-18,32-34,46,48H,6,11,13,19-22,42-43H2,1-3H3,(H,47,52)(H,49,51)/t32-,33-,34-/m0/s1. The minimum absolute atomic E-state index is 0.0843. The fourth-order valence-corrected chi connectivity index (χ4v) is 8.13. The minimum Gasteiger partial charge on any atom is -0.481 e. The number of amides is 3. The normalized spacial score (nSPS) is 18.6. The Hall–Kier alpha value is -4.99. The lowest BCUT2D eigenvalue weighted by Gasteiger charge is -2.31. The van der Waals surface area contributed by atoms with Crippen molar-refractivity contribution in [2.45, 2.75) is 67.3 Å². The number of nitrogens with zero attached hydrogens (tertiary/aromatic N) is 3. The van der Waals surface area contributed by atoms with Crippen LogP contribution in [0.4, 0.5) is 0 Å². The molecule has 55 heavy (non-hydrogen) atoms. The number of pyridine rings is 2. The summed E-state index contributed by atoms with van der Waals surface area (Å²) in [6.07, 6.45) is 4.55. The molecule has 0 aliphatic carbocycles. The maximum Gasteiger partial charge on any atom is 0.246 e. The van der Waals surface area contributed by atoms with Crippen LogP contribution in [0, 0.1) is 6.92 Å². The van der Waals surface area contributed by atoms with Crippen molar-refractivity contribution in [1.29, 1.82) is 0 Å². The first-order chi connectivity index (χ1) is 26.6. The van der Waals surface area contributed by atoms with Crippen LogP contribution in [0.25, 0.3) is 22.0 Å². The minimum atomic E-state index is -1.08. The van der Waals surface area contributed by atoms with Crippen molar-refractivity contribution in [2.24, 2.45) is 11.5 Å². The van der Waals surface area contributed by atoms with Crippen LogP contribution in [0.5, 0.6) is 5.88 Å². The lowest BCUT2D eigenvalue weighted by Crippen LogP contribution is -2.59. The number of carbonyl (C=O) groups is 3. The Kier molecular flexibility index (Phi) is 13.1. The number of carbonyl (C=O) groups excluding carboxylic acids is 3. The maximum absolute atomic E-state index is 14.5. The van der Waals surface area contributed by atoms with Gasteiger partial charge in [0.15, 0.2) is 0 Å². The fourth-order valence-electron chi connectivity index (χ4n) is 6.78. The van der Waals surface area contributed by atoms with Crippen LogP contribution in [0.2, 0.25) is 5.02 Å². The molecule has 0 radical (unpaired) electrons. The third-order valence-electron chi connectivity index (χ3n) is 9.84. The van der Waals surface area contributed by atoms with Crippen LogP contribution in [0.3, 0.4) is 0 Å². The Labute approximate surface area is 329 Å². The zero-order valence-electron chi connectivity index (χ0n) is 31.0. The van der Waals surface area contributed by atoms with E-state index in [1.54, 1.807) is 26.6 Å². The molecule has 15 heteroatoms. The number of nitrogens with one attached hydrogen (secondary N) is 4. The average Bonchev–Trinajstić information content (AvgIpc) is 3.52. The van der Waals surface area contributed by atoms with Crippen LogP contribution in [-0.2, 0) is 33.9 Å². The lowest BCUT2D eigenvalue weighted by atomic mass is 10.00. The number of para-hydroxylation sites is 1. The molecule has 13 nitrogen and oxygen atoms in total. The summed E-state index contributed by atoms with van der Waals surface area (Å²) in [4.78, 5) is 57.0. The second-order valence-electron chi connectivity index (χ2n) is 13.4. The van der Waals surface area contributed by atoms with E-state index in [1.807, 2.05) is 67.6 Å². The Morgan fingerprint density at radius 1 is 0.945 bits per heavy atom. The van der Waals surface area contributed by atoms with Crippen molar-refractivity contribution in [2.75, 3.05) is 27.2 Å². The molecule has 3 atom stereocenters. The van der Waals surface area contributed by atoms with Crippen LogP contribution < -0.4 is 32.2 Å². The number of nitrogens with two attached hydrogens (primary N) is 2. The SMILES string of the molecule is COc1cc(-c2cc(Cl)c3c(c2)CNC(=O)[C@H](Cc2c(C)[nH]c4ccccc24)N(C)C(=O)[C@H](CN)NC(=O)[C@H](CCCN)NCc2cccnc2S3)ccn1. The second kappa shape index (κ2) is 18.1. The molecule has 0 saturated heterocycles. The van der Waals surface area contributed by atoms with Gasteiger partial charge in [0.05, 0.1) is 18.2 Å². The highest BCUT2D eigenvalue weighted by molar-refractivity contribution is 7.99. The molecule has 0 bridgehead atoms. The quantitative estimate of drug-likeness (QED) is 0.134. The second-order valence-corrected chi connectivity index (χ2v) is 14.8. The Morgan fingerprint density at radius 2 is 1.76 bits per heavy atom. The summed E-state index contributed by atoms with van der Waals surface area (Å²) >= 11 is 8.48. The van der Waals surface area contributed by atoms with E-state index in [4.69, 9.17) is 32.8 Å². The van der Waals surface area contributed by atoms with E-state index >= 15 is 0 Å². The fraction of sp³-hybridized carbons (Fsp3) is 0.325. The molecule has 8 N–H and O–H groups in total. The summed E-state index contributed by atoms with van der Waals surface area (Å²) < 4.78 is 5.38. The maximum atomic E-state index is 14.5. The Balaban J connectivity index is 1.46. The molecule has 2 aromatic carbocycles. The van der Waals surface area contributed by atoms with Gasteiger partial charge < -0.3 is 42.0 Å². The number of aryl methyl sites for hydroxylation is 1. The molecule has 0 fully saturated rings. The van der Waals surface area contributed by atoms with Gasteiger partial charge in [0, 0.05) is 73.1 Å². The van der Waals surface area contributed by atoms with Gasteiger partial charge in [-0.25, -0.2) is 9.97 Å². The zero-order chi connectivity index (χ0) is 39.1. The van der Waals surface area contributed by atoms with E-state index in [2.05, 4.69) is 25.9 Å². The number of aromatic amines is 1. The van der Waals surface area contributed by atoms with Crippen molar-refractivity contribution < 1.29 is 19.1 Å². The molecule has 288 valence electrons. The third-order valence-corrected chi connectivity index (χ3v) is 11.5. The number of H-pyrrole nitrogens is 1. The van der Waals surface area contributed by atoms with Gasteiger partial charge in [0.25, 0.3) is 0 Å². The number of fused-ring (bicyclic) bond motifs is 3. The van der Waals surface area contributed by atoms with E-state index in [0.717, 1.165) is 44.4 Å². The van der Waals surface area contributed by atoms with E-state index in [0.29, 0.717) is 46.8 Å². The number of hydrogen-bond donors (Lipinski definition) is 6. The summed E-state index contributed by atoms with van der Waals surface area (Å²) in [5.74, 6) is -0.828. The van der Waals surface area contributed by atoms with E-state index in [-0.39, 0.29) is 19.5 Å². The van der Waals surface area contributed by atoms with Crippen molar-refractivity contribution in [3.8, 4) is 17.0 Å². The van der Waals surface area contributed by atoms with Crippen molar-refractivity contribution >= 4 is 52.0 Å². The topological polar surface area (TPSA) is 193 Å². The molecule has 5 aromatic rings. The molecule has 1 aliphatic heterocycles. The van der Waals surface area contributed by atoms with Gasteiger partial charge in [-0.2, -0.15) is 0 Å². The number of hydrogen-bond acceptors (Lipinski definition) is 10. The molecule has 3 amide bonds. The van der Waals surface area contributed by atoms with Crippen LogP contribution in [0.1, 0.15) is 35.2 Å². The molecular weight excluding hydrogens is 738 g/mol. The number of ether oxygens (including phenoxy) is 1. The summed E-state index contributed by atoms with van der Waals surface area (Å²) in [7, 11) is 3.13. The number of rotatable bonds is 8. The first kappa shape index (κ1) is 39.7. The molecule has 4 heterocycles. The molecule has 0 saturated carbocycles. The first-order valence-electron chi connectivity index (χ1n) is 18.1. The predicted molar refractivity (Wildman–Crippen MR) is 215 cm³/mol. The highest BCUT2D eigenvalue weighted by Gasteiger charge is 2.34. The highest BCUT2D eigenvalue weighted by atomic mass is 35.5. The third kappa shape index (κ3) is 9.11. The van der Waals surface area contributed by atoms with Gasteiger partial charge in [0.2, 0.25) is 23.6 Å². The smallest absolute Gasteiger partial charge is 0.246 e.